The van der Waals surface area contributed by atoms with Crippen LogP contribution in [0.25, 0.3) is 5.57 Å². The molecule has 2 heterocycles. The highest BCUT2D eigenvalue weighted by molar-refractivity contribution is 7.98. The fraction of sp³-hybridized carbons (Fsp3) is 0.318. The van der Waals surface area contributed by atoms with E-state index >= 15 is 0 Å². The third kappa shape index (κ3) is 3.57. The Labute approximate surface area is 158 Å². The van der Waals surface area contributed by atoms with Gasteiger partial charge in [-0.1, -0.05) is 48.5 Å². The summed E-state index contributed by atoms with van der Waals surface area (Å²) in [6.07, 6.45) is 4.06. The van der Waals surface area contributed by atoms with Crippen molar-refractivity contribution in [2.75, 3.05) is 19.6 Å². The van der Waals surface area contributed by atoms with Crippen LogP contribution >= 0.6 is 11.8 Å². The average molecular weight is 365 g/mol. The van der Waals surface area contributed by atoms with Gasteiger partial charge in [0.05, 0.1) is 5.92 Å². The van der Waals surface area contributed by atoms with Crippen molar-refractivity contribution in [3.05, 3.63) is 71.3 Å². The molecule has 4 rings (SSSR count). The highest BCUT2D eigenvalue weighted by atomic mass is 32.2. The number of rotatable bonds is 3. The molecule has 4 heteroatoms. The normalized spacial score (nSPS) is 21.7. The smallest absolute Gasteiger partial charge is 0.307 e. The van der Waals surface area contributed by atoms with E-state index in [0.29, 0.717) is 6.54 Å². The quantitative estimate of drug-likeness (QED) is 0.868. The Morgan fingerprint density at radius 1 is 1.15 bits per heavy atom. The van der Waals surface area contributed by atoms with Gasteiger partial charge in [0.1, 0.15) is 0 Å². The summed E-state index contributed by atoms with van der Waals surface area (Å²) in [5.74, 6) is 0.0883. The second kappa shape index (κ2) is 7.68. The van der Waals surface area contributed by atoms with Gasteiger partial charge < -0.3 is 5.11 Å². The van der Waals surface area contributed by atoms with E-state index in [4.69, 9.17) is 0 Å². The summed E-state index contributed by atoms with van der Waals surface area (Å²) in [7, 11) is 0. The summed E-state index contributed by atoms with van der Waals surface area (Å²) in [5.41, 5.74) is 5.23. The van der Waals surface area contributed by atoms with Gasteiger partial charge in [-0.25, -0.2) is 0 Å². The second-order valence-corrected chi connectivity index (χ2v) is 8.01. The number of benzene rings is 2. The molecular formula is C22H23NO2S. The number of aliphatic carboxylic acids is 1. The minimum absolute atomic E-state index is 0.230. The first kappa shape index (κ1) is 17.4. The van der Waals surface area contributed by atoms with E-state index in [1.807, 2.05) is 11.8 Å². The van der Waals surface area contributed by atoms with Crippen molar-refractivity contribution >= 4 is 23.3 Å². The fourth-order valence-corrected chi connectivity index (χ4v) is 4.96. The SMILES string of the molecule is O=C(O)[C@@H]1CCCN(CC=C2c3ccccc3CSc3ccccc32)C1. The van der Waals surface area contributed by atoms with Crippen molar-refractivity contribution in [3.63, 3.8) is 0 Å². The van der Waals surface area contributed by atoms with E-state index in [-0.39, 0.29) is 5.92 Å². The number of carboxylic acids is 1. The summed E-state index contributed by atoms with van der Waals surface area (Å²) in [6, 6.07) is 17.2. The van der Waals surface area contributed by atoms with E-state index in [9.17, 15) is 9.90 Å². The maximum atomic E-state index is 11.3. The number of nitrogens with zero attached hydrogens (tertiary/aromatic N) is 1. The maximum Gasteiger partial charge on any atom is 0.307 e. The average Bonchev–Trinajstić information content (AvgIpc) is 2.83. The summed E-state index contributed by atoms with van der Waals surface area (Å²) in [4.78, 5) is 14.9. The molecular weight excluding hydrogens is 342 g/mol. The first-order valence-electron chi connectivity index (χ1n) is 9.18. The van der Waals surface area contributed by atoms with Gasteiger partial charge in [0.2, 0.25) is 0 Å². The van der Waals surface area contributed by atoms with Crippen LogP contribution in [0.3, 0.4) is 0 Å². The van der Waals surface area contributed by atoms with Gasteiger partial charge in [-0.05, 0) is 47.7 Å². The molecule has 0 amide bonds. The minimum Gasteiger partial charge on any atom is -0.481 e. The van der Waals surface area contributed by atoms with Crippen LogP contribution < -0.4 is 0 Å². The number of fused-ring (bicyclic) bond motifs is 2. The van der Waals surface area contributed by atoms with Crippen molar-refractivity contribution in [2.24, 2.45) is 5.92 Å². The largest absolute Gasteiger partial charge is 0.481 e. The Balaban J connectivity index is 1.66. The van der Waals surface area contributed by atoms with Crippen LogP contribution in [0.4, 0.5) is 0 Å². The lowest BCUT2D eigenvalue weighted by atomic mass is 9.93. The Kier molecular flexibility index (Phi) is 5.14. The van der Waals surface area contributed by atoms with Crippen LogP contribution in [-0.4, -0.2) is 35.6 Å². The van der Waals surface area contributed by atoms with Gasteiger partial charge in [-0.15, -0.1) is 11.8 Å². The molecule has 0 saturated carbocycles. The number of thioether (sulfide) groups is 1. The maximum absolute atomic E-state index is 11.3. The van der Waals surface area contributed by atoms with Crippen molar-refractivity contribution in [1.29, 1.82) is 0 Å². The van der Waals surface area contributed by atoms with Crippen molar-refractivity contribution in [2.45, 2.75) is 23.5 Å². The number of carbonyl (C=O) groups is 1. The molecule has 2 aliphatic heterocycles. The van der Waals surface area contributed by atoms with E-state index in [1.165, 1.54) is 27.2 Å². The molecule has 0 aliphatic carbocycles. The lowest BCUT2D eigenvalue weighted by Crippen LogP contribution is -2.38. The van der Waals surface area contributed by atoms with Crippen molar-refractivity contribution in [1.82, 2.24) is 4.90 Å². The zero-order chi connectivity index (χ0) is 17.9. The molecule has 1 N–H and O–H groups in total. The van der Waals surface area contributed by atoms with Gasteiger partial charge in [-0.3, -0.25) is 9.69 Å². The van der Waals surface area contributed by atoms with E-state index in [0.717, 1.165) is 31.7 Å². The highest BCUT2D eigenvalue weighted by Crippen LogP contribution is 2.39. The first-order valence-corrected chi connectivity index (χ1v) is 10.2. The number of piperidine rings is 1. The molecule has 1 atom stereocenters. The van der Waals surface area contributed by atoms with Gasteiger partial charge >= 0.3 is 5.97 Å². The highest BCUT2D eigenvalue weighted by Gasteiger charge is 2.25. The fourth-order valence-electron chi connectivity index (χ4n) is 3.89. The molecule has 2 aliphatic rings. The molecule has 0 spiro atoms. The summed E-state index contributed by atoms with van der Waals surface area (Å²) < 4.78 is 0. The van der Waals surface area contributed by atoms with Crippen LogP contribution in [0.5, 0.6) is 0 Å². The van der Waals surface area contributed by atoms with E-state index in [1.54, 1.807) is 0 Å². The number of likely N-dealkylation sites (tertiary alicyclic amines) is 1. The Bertz CT molecular complexity index is 796. The number of hydrogen-bond donors (Lipinski definition) is 1. The molecule has 0 bridgehead atoms. The van der Waals surface area contributed by atoms with Gasteiger partial charge in [-0.2, -0.15) is 0 Å². The standard InChI is InChI=1S/C22H23NO2S/c24-22(25)16-7-5-12-23(14-16)13-11-19-18-8-2-1-6-17(18)15-26-21-10-4-3-9-20(19)21/h1-4,6,8-11,16H,5,7,12-15H2,(H,24,25)/t16-/m1/s1. The zero-order valence-electron chi connectivity index (χ0n) is 14.7. The van der Waals surface area contributed by atoms with Crippen molar-refractivity contribution < 1.29 is 9.90 Å². The Morgan fingerprint density at radius 2 is 1.92 bits per heavy atom. The zero-order valence-corrected chi connectivity index (χ0v) is 15.5. The molecule has 134 valence electrons. The van der Waals surface area contributed by atoms with Gasteiger partial charge in [0.25, 0.3) is 0 Å². The molecule has 26 heavy (non-hydrogen) atoms. The topological polar surface area (TPSA) is 40.5 Å². The molecule has 0 unspecified atom stereocenters. The minimum atomic E-state index is -0.663. The van der Waals surface area contributed by atoms with Gasteiger partial charge in [0, 0.05) is 23.7 Å². The summed E-state index contributed by atoms with van der Waals surface area (Å²) >= 11 is 1.89. The molecule has 1 saturated heterocycles. The molecule has 1 fully saturated rings. The predicted octanol–water partition coefficient (Wildman–Crippen LogP) is 4.52. The molecule has 0 radical (unpaired) electrons. The second-order valence-electron chi connectivity index (χ2n) is 7.00. The Morgan fingerprint density at radius 3 is 2.77 bits per heavy atom. The van der Waals surface area contributed by atoms with Crippen LogP contribution in [-0.2, 0) is 10.5 Å². The predicted molar refractivity (Wildman–Crippen MR) is 106 cm³/mol. The van der Waals surface area contributed by atoms with E-state index in [2.05, 4.69) is 59.5 Å². The number of carboxylic acid groups (broad SMARTS) is 1. The monoisotopic (exact) mass is 365 g/mol. The third-order valence-electron chi connectivity index (χ3n) is 5.28. The van der Waals surface area contributed by atoms with Crippen LogP contribution in [0, 0.1) is 5.92 Å². The molecule has 2 aromatic carbocycles. The molecule has 2 aromatic rings. The molecule has 3 nitrogen and oxygen atoms in total. The lowest BCUT2D eigenvalue weighted by molar-refractivity contribution is -0.143. The van der Waals surface area contributed by atoms with E-state index < -0.39 is 5.97 Å². The summed E-state index contributed by atoms with van der Waals surface area (Å²) in [5, 5.41) is 9.33. The third-order valence-corrected chi connectivity index (χ3v) is 6.40. The van der Waals surface area contributed by atoms with Gasteiger partial charge in [0.15, 0.2) is 0 Å². The van der Waals surface area contributed by atoms with Crippen LogP contribution in [0.2, 0.25) is 0 Å². The van der Waals surface area contributed by atoms with Crippen molar-refractivity contribution in [3.8, 4) is 0 Å². The summed E-state index contributed by atoms with van der Waals surface area (Å²) in [6.45, 7) is 2.43. The molecule has 0 aromatic heterocycles. The lowest BCUT2D eigenvalue weighted by Gasteiger charge is -2.30. The number of hydrogen-bond acceptors (Lipinski definition) is 3. The van der Waals surface area contributed by atoms with Crippen LogP contribution in [0.1, 0.15) is 29.5 Å². The Hall–Kier alpha value is -2.04. The van der Waals surface area contributed by atoms with Crippen LogP contribution in [0.15, 0.2) is 59.5 Å². The first-order chi connectivity index (χ1) is 12.7.